The van der Waals surface area contributed by atoms with Crippen molar-refractivity contribution in [2.75, 3.05) is 0 Å². The van der Waals surface area contributed by atoms with Crippen LogP contribution in [-0.2, 0) is 10.2 Å². The van der Waals surface area contributed by atoms with Crippen LogP contribution in [0.1, 0.15) is 111 Å². The monoisotopic (exact) mass is 786 g/mol. The van der Waals surface area contributed by atoms with Crippen LogP contribution in [-0.4, -0.2) is 15.9 Å². The van der Waals surface area contributed by atoms with Crippen molar-refractivity contribution in [1.82, 2.24) is 9.97 Å². The molecule has 2 aromatic heterocycles. The molecule has 1 saturated carbocycles. The molecule has 2 N–H and O–H groups in total. The number of carbonyl (C=O) groups is 1. The Kier molecular flexibility index (Phi) is 8.57. The summed E-state index contributed by atoms with van der Waals surface area (Å²) >= 11 is 0. The van der Waals surface area contributed by atoms with Crippen molar-refractivity contribution in [3.05, 3.63) is 196 Å². The molecule has 4 aliphatic rings. The highest BCUT2D eigenvalue weighted by Gasteiger charge is 2.58. The standard InChI is InChI=1S/C56H54N2O2/c1-35(2)37-25-28-44-38(33-37)26-30-47-54(44,3)31-16-32-55(47,4)53(59)60-41-27-29-46-43(34-41)50-48(36-17-8-5-9-18-36)49-42-23-14-15-24-45(42)57-51(49)56(52(50)58-46,39-19-10-6-11-20-39)40-21-12-7-13-22-40/h5-15,17-24,26-27,29,33-35,44,47-48,57-58H,16,25,28,30-32H2,1-4H3/t44-,47+,48-,54+,55+/m0/s1. The minimum atomic E-state index is -0.690. The fourth-order valence-electron chi connectivity index (χ4n) is 12.8. The van der Waals surface area contributed by atoms with E-state index >= 15 is 0 Å². The minimum Gasteiger partial charge on any atom is -0.426 e. The van der Waals surface area contributed by atoms with Crippen molar-refractivity contribution in [3.8, 4) is 5.75 Å². The van der Waals surface area contributed by atoms with Crippen LogP contribution >= 0.6 is 0 Å². The Hall–Kier alpha value is -5.87. The molecule has 0 aliphatic heterocycles. The fraction of sp³-hybridized carbons (Fsp3) is 0.304. The highest BCUT2D eigenvalue weighted by Crippen LogP contribution is 2.63. The second-order valence-electron chi connectivity index (χ2n) is 19.0. The second-order valence-corrected chi connectivity index (χ2v) is 19.0. The zero-order valence-electron chi connectivity index (χ0n) is 35.2. The summed E-state index contributed by atoms with van der Waals surface area (Å²) in [5.41, 5.74) is 12.4. The molecule has 0 amide bonds. The Labute approximate surface area is 353 Å². The largest absolute Gasteiger partial charge is 0.426 e. The van der Waals surface area contributed by atoms with Crippen LogP contribution in [0.25, 0.3) is 21.8 Å². The van der Waals surface area contributed by atoms with Crippen molar-refractivity contribution in [1.29, 1.82) is 0 Å². The second kappa shape index (κ2) is 13.8. The van der Waals surface area contributed by atoms with E-state index in [0.29, 0.717) is 17.6 Å². The van der Waals surface area contributed by atoms with Crippen molar-refractivity contribution >= 4 is 27.8 Å². The summed E-state index contributed by atoms with van der Waals surface area (Å²) < 4.78 is 6.70. The smallest absolute Gasteiger partial charge is 0.317 e. The van der Waals surface area contributed by atoms with Crippen LogP contribution in [0.3, 0.4) is 0 Å². The predicted octanol–water partition coefficient (Wildman–Crippen LogP) is 13.6. The van der Waals surface area contributed by atoms with E-state index in [0.717, 1.165) is 54.2 Å². The van der Waals surface area contributed by atoms with Crippen molar-refractivity contribution in [3.63, 3.8) is 0 Å². The Morgan fingerprint density at radius 1 is 0.717 bits per heavy atom. The number of para-hydroxylation sites is 1. The molecule has 4 nitrogen and oxygen atoms in total. The van der Waals surface area contributed by atoms with Gasteiger partial charge in [-0.15, -0.1) is 0 Å². The van der Waals surface area contributed by atoms with Gasteiger partial charge in [0.2, 0.25) is 0 Å². The number of carbonyl (C=O) groups excluding carboxylic acids is 1. The van der Waals surface area contributed by atoms with Crippen LogP contribution in [0.4, 0.5) is 0 Å². The third-order valence-electron chi connectivity index (χ3n) is 15.7. The quantitative estimate of drug-likeness (QED) is 0.130. The molecule has 300 valence electrons. The van der Waals surface area contributed by atoms with Gasteiger partial charge in [0.05, 0.1) is 5.41 Å². The summed E-state index contributed by atoms with van der Waals surface area (Å²) in [6.45, 7) is 9.33. The first kappa shape index (κ1) is 37.2. The van der Waals surface area contributed by atoms with E-state index in [9.17, 15) is 4.79 Å². The highest BCUT2D eigenvalue weighted by atomic mass is 16.5. The SMILES string of the molecule is CC(C)C1=CC2=CC[C@@H]3[C@](C)(CCC[C@@]3(C)C(=O)Oc3ccc4[nH]c5c(c4c3)[C@@H](c3ccccc3)c3c([nH]c4ccccc34)C5(c3ccccc3)c3ccccc3)[C@H]2CC1. The van der Waals surface area contributed by atoms with Crippen molar-refractivity contribution in [2.45, 2.75) is 77.6 Å². The van der Waals surface area contributed by atoms with E-state index in [4.69, 9.17) is 4.74 Å². The number of hydrogen-bond donors (Lipinski definition) is 2. The van der Waals surface area contributed by atoms with Crippen LogP contribution in [0.2, 0.25) is 0 Å². The molecular weight excluding hydrogens is 733 g/mol. The van der Waals surface area contributed by atoms with E-state index in [-0.39, 0.29) is 23.2 Å². The normalized spacial score (nSPS) is 25.4. The van der Waals surface area contributed by atoms with Gasteiger partial charge in [-0.3, -0.25) is 4.79 Å². The molecule has 5 atom stereocenters. The third-order valence-corrected chi connectivity index (χ3v) is 15.7. The lowest BCUT2D eigenvalue weighted by Gasteiger charge is -2.57. The number of rotatable bonds is 6. The molecule has 0 saturated heterocycles. The molecule has 5 aromatic carbocycles. The summed E-state index contributed by atoms with van der Waals surface area (Å²) in [5, 5.41) is 2.29. The summed E-state index contributed by atoms with van der Waals surface area (Å²) in [6, 6.07) is 47.8. The first-order valence-electron chi connectivity index (χ1n) is 22.3. The van der Waals surface area contributed by atoms with Gasteiger partial charge in [-0.1, -0.05) is 154 Å². The molecule has 0 spiro atoms. The van der Waals surface area contributed by atoms with Gasteiger partial charge in [-0.25, -0.2) is 0 Å². The first-order valence-corrected chi connectivity index (χ1v) is 22.3. The van der Waals surface area contributed by atoms with Gasteiger partial charge in [0.15, 0.2) is 0 Å². The Morgan fingerprint density at radius 3 is 2.02 bits per heavy atom. The lowest BCUT2D eigenvalue weighted by molar-refractivity contribution is -0.159. The number of fused-ring (bicyclic) bond motifs is 9. The maximum atomic E-state index is 14.9. The van der Waals surface area contributed by atoms with E-state index in [2.05, 4.69) is 177 Å². The molecule has 7 aromatic rings. The topological polar surface area (TPSA) is 57.9 Å². The average molecular weight is 787 g/mol. The van der Waals surface area contributed by atoms with Crippen molar-refractivity contribution < 1.29 is 9.53 Å². The lowest BCUT2D eigenvalue weighted by atomic mass is 9.47. The van der Waals surface area contributed by atoms with Crippen LogP contribution < -0.4 is 4.74 Å². The summed E-state index contributed by atoms with van der Waals surface area (Å²) in [5.74, 6) is 1.74. The van der Waals surface area contributed by atoms with E-state index in [1.54, 1.807) is 5.57 Å². The molecule has 0 unspecified atom stereocenters. The van der Waals surface area contributed by atoms with Gasteiger partial charge >= 0.3 is 5.97 Å². The molecule has 4 aliphatic carbocycles. The van der Waals surface area contributed by atoms with Gasteiger partial charge in [-0.05, 0) is 120 Å². The number of ether oxygens (including phenoxy) is 1. The summed E-state index contributed by atoms with van der Waals surface area (Å²) in [4.78, 5) is 23.0. The van der Waals surface area contributed by atoms with Crippen LogP contribution in [0, 0.1) is 28.6 Å². The zero-order chi connectivity index (χ0) is 40.8. The van der Waals surface area contributed by atoms with E-state index in [1.165, 1.54) is 50.9 Å². The molecule has 2 heterocycles. The van der Waals surface area contributed by atoms with Gasteiger partial charge in [-0.2, -0.15) is 0 Å². The Bertz CT molecular complexity index is 2800. The number of allylic oxidation sites excluding steroid dienone is 4. The summed E-state index contributed by atoms with van der Waals surface area (Å²) in [7, 11) is 0. The van der Waals surface area contributed by atoms with Gasteiger partial charge in [0.1, 0.15) is 11.2 Å². The zero-order valence-corrected chi connectivity index (χ0v) is 35.2. The molecular formula is C56H54N2O2. The van der Waals surface area contributed by atoms with E-state index in [1.807, 2.05) is 6.07 Å². The minimum absolute atomic E-state index is 0.0664. The first-order chi connectivity index (χ1) is 29.2. The van der Waals surface area contributed by atoms with Crippen LogP contribution in [0.5, 0.6) is 5.75 Å². The maximum Gasteiger partial charge on any atom is 0.317 e. The Balaban J connectivity index is 1.08. The van der Waals surface area contributed by atoms with E-state index < -0.39 is 10.8 Å². The number of H-pyrrole nitrogens is 2. The molecule has 0 bridgehead atoms. The predicted molar refractivity (Wildman–Crippen MR) is 243 cm³/mol. The lowest BCUT2D eigenvalue weighted by Crippen LogP contribution is -2.54. The van der Waals surface area contributed by atoms with Gasteiger partial charge in [0.25, 0.3) is 0 Å². The maximum absolute atomic E-state index is 14.9. The van der Waals surface area contributed by atoms with Gasteiger partial charge < -0.3 is 14.7 Å². The number of hydrogen-bond acceptors (Lipinski definition) is 2. The molecule has 60 heavy (non-hydrogen) atoms. The average Bonchev–Trinajstić information content (AvgIpc) is 3.85. The molecule has 0 radical (unpaired) electrons. The van der Waals surface area contributed by atoms with Gasteiger partial charge in [0, 0.05) is 39.1 Å². The third kappa shape index (κ3) is 5.31. The fourth-order valence-corrected chi connectivity index (χ4v) is 12.8. The number of esters is 1. The number of nitrogens with one attached hydrogen (secondary N) is 2. The number of aromatic amines is 2. The number of aromatic nitrogens is 2. The molecule has 1 fully saturated rings. The van der Waals surface area contributed by atoms with Crippen molar-refractivity contribution in [2.24, 2.45) is 28.6 Å². The Morgan fingerprint density at radius 2 is 1.33 bits per heavy atom. The molecule has 11 rings (SSSR count). The highest BCUT2D eigenvalue weighted by molar-refractivity contribution is 5.96. The number of benzene rings is 5. The van der Waals surface area contributed by atoms with Crippen LogP contribution in [0.15, 0.2) is 157 Å². The molecule has 4 heteroatoms. The summed E-state index contributed by atoms with van der Waals surface area (Å²) in [6.07, 6.45) is 11.3.